The molecule has 3 aromatic carbocycles. The fourth-order valence-corrected chi connectivity index (χ4v) is 3.24. The van der Waals surface area contributed by atoms with Crippen molar-refractivity contribution < 1.29 is 22.0 Å². The van der Waals surface area contributed by atoms with Crippen molar-refractivity contribution in [1.82, 2.24) is 15.0 Å². The Morgan fingerprint density at radius 1 is 0.875 bits per heavy atom. The van der Waals surface area contributed by atoms with E-state index in [9.17, 15) is 22.0 Å². The molecule has 0 radical (unpaired) electrons. The van der Waals surface area contributed by atoms with Crippen LogP contribution in [0.2, 0.25) is 0 Å². The van der Waals surface area contributed by atoms with E-state index < -0.39 is 23.4 Å². The van der Waals surface area contributed by atoms with E-state index in [1.165, 1.54) is 53.2 Å². The summed E-state index contributed by atoms with van der Waals surface area (Å²) >= 11 is 0. The first kappa shape index (κ1) is 21.2. The summed E-state index contributed by atoms with van der Waals surface area (Å²) in [6.07, 6.45) is -4.45. The second-order valence-corrected chi connectivity index (χ2v) is 6.95. The van der Waals surface area contributed by atoms with E-state index in [2.05, 4.69) is 10.3 Å². The molecule has 4 aromatic rings. The summed E-state index contributed by atoms with van der Waals surface area (Å²) in [5.41, 5.74) is 1.32. The van der Waals surface area contributed by atoms with Crippen molar-refractivity contribution in [2.45, 2.75) is 12.7 Å². The molecule has 9 heteroatoms. The van der Waals surface area contributed by atoms with Crippen LogP contribution < -0.4 is 0 Å². The molecular weight excluding hydrogens is 427 g/mol. The maximum atomic E-state index is 13.8. The van der Waals surface area contributed by atoms with Crippen molar-refractivity contribution in [2.75, 3.05) is 0 Å². The molecule has 0 saturated heterocycles. The lowest BCUT2D eigenvalue weighted by molar-refractivity contribution is -0.137. The first-order chi connectivity index (χ1) is 15.3. The molecule has 1 heterocycles. The molecule has 4 nitrogen and oxygen atoms in total. The molecule has 4 rings (SSSR count). The number of alkyl halides is 3. The summed E-state index contributed by atoms with van der Waals surface area (Å²) in [6, 6.07) is 15.8. The minimum absolute atomic E-state index is 0.0874. The maximum Gasteiger partial charge on any atom is 0.416 e. The fraction of sp³-hybridized carbons (Fsp3) is 0.0870. The number of rotatable bonds is 4. The summed E-state index contributed by atoms with van der Waals surface area (Å²) in [4.78, 5) is 0. The Labute approximate surface area is 179 Å². The fourth-order valence-electron chi connectivity index (χ4n) is 3.24. The van der Waals surface area contributed by atoms with E-state index in [-0.39, 0.29) is 12.1 Å². The first-order valence-electron chi connectivity index (χ1n) is 9.32. The van der Waals surface area contributed by atoms with Gasteiger partial charge in [0.1, 0.15) is 23.4 Å². The Kier molecular flexibility index (Phi) is 5.45. The molecule has 0 unspecified atom stereocenters. The Morgan fingerprint density at radius 3 is 2.16 bits per heavy atom. The van der Waals surface area contributed by atoms with Crippen molar-refractivity contribution in [3.8, 4) is 28.6 Å². The average Bonchev–Trinajstić information content (AvgIpc) is 3.18. The number of hydrogen-bond donors (Lipinski definition) is 0. The van der Waals surface area contributed by atoms with Crippen LogP contribution in [0.5, 0.6) is 0 Å². The molecule has 0 aliphatic heterocycles. The molecule has 0 fully saturated rings. The molecule has 0 N–H and O–H groups in total. The van der Waals surface area contributed by atoms with Gasteiger partial charge in [0, 0.05) is 11.1 Å². The number of nitriles is 1. The minimum atomic E-state index is -4.45. The quantitative estimate of drug-likeness (QED) is 0.375. The van der Waals surface area contributed by atoms with Crippen molar-refractivity contribution in [3.05, 3.63) is 95.1 Å². The highest BCUT2D eigenvalue weighted by molar-refractivity contribution is 5.78. The van der Waals surface area contributed by atoms with Crippen molar-refractivity contribution >= 4 is 0 Å². The summed E-state index contributed by atoms with van der Waals surface area (Å²) in [5, 5.41) is 17.4. The van der Waals surface area contributed by atoms with Gasteiger partial charge in [0.15, 0.2) is 0 Å². The summed E-state index contributed by atoms with van der Waals surface area (Å²) in [7, 11) is 0. The molecule has 0 amide bonds. The second-order valence-electron chi connectivity index (χ2n) is 6.95. The van der Waals surface area contributed by atoms with Crippen LogP contribution in [0.3, 0.4) is 0 Å². The standard InChI is InChI=1S/C23H13F5N4/c24-19-8-3-15(4-9-19)22-21(16-5-10-20(25)17(11-16)12-29)30-31-32(22)13-14-1-6-18(7-2-14)23(26,27)28/h1-11H,13H2. The zero-order valence-corrected chi connectivity index (χ0v) is 16.2. The van der Waals surface area contributed by atoms with Crippen LogP contribution in [-0.2, 0) is 12.7 Å². The van der Waals surface area contributed by atoms with Crippen LogP contribution in [0.1, 0.15) is 16.7 Å². The van der Waals surface area contributed by atoms with Gasteiger partial charge in [0.25, 0.3) is 0 Å². The lowest BCUT2D eigenvalue weighted by atomic mass is 10.0. The minimum Gasteiger partial charge on any atom is -0.240 e. The third-order valence-corrected chi connectivity index (χ3v) is 4.83. The van der Waals surface area contributed by atoms with E-state index >= 15 is 0 Å². The lowest BCUT2D eigenvalue weighted by Crippen LogP contribution is -2.07. The largest absolute Gasteiger partial charge is 0.416 e. The van der Waals surface area contributed by atoms with Gasteiger partial charge in [0.05, 0.1) is 23.4 Å². The molecular formula is C23H13F5N4. The summed E-state index contributed by atoms with van der Waals surface area (Å²) < 4.78 is 67.2. The van der Waals surface area contributed by atoms with Crippen molar-refractivity contribution in [1.29, 1.82) is 5.26 Å². The number of benzene rings is 3. The number of halogens is 5. The topological polar surface area (TPSA) is 54.5 Å². The van der Waals surface area contributed by atoms with Gasteiger partial charge >= 0.3 is 6.18 Å². The molecule has 0 spiro atoms. The maximum absolute atomic E-state index is 13.8. The Balaban J connectivity index is 1.80. The van der Waals surface area contributed by atoms with E-state index in [0.29, 0.717) is 28.1 Å². The van der Waals surface area contributed by atoms with Gasteiger partial charge < -0.3 is 0 Å². The summed E-state index contributed by atoms with van der Waals surface area (Å²) in [5.74, 6) is -1.14. The molecule has 32 heavy (non-hydrogen) atoms. The third-order valence-electron chi connectivity index (χ3n) is 4.83. The molecule has 0 aliphatic rings. The molecule has 0 bridgehead atoms. The highest BCUT2D eigenvalue weighted by atomic mass is 19.4. The van der Waals surface area contributed by atoms with Crippen LogP contribution in [0, 0.1) is 23.0 Å². The van der Waals surface area contributed by atoms with Gasteiger partial charge in [0.2, 0.25) is 0 Å². The average molecular weight is 440 g/mol. The highest BCUT2D eigenvalue weighted by Crippen LogP contribution is 2.33. The first-order valence-corrected chi connectivity index (χ1v) is 9.32. The van der Waals surface area contributed by atoms with Gasteiger partial charge in [-0.3, -0.25) is 0 Å². The van der Waals surface area contributed by atoms with E-state index in [1.807, 2.05) is 0 Å². The van der Waals surface area contributed by atoms with E-state index in [1.54, 1.807) is 6.07 Å². The lowest BCUT2D eigenvalue weighted by Gasteiger charge is -2.11. The SMILES string of the molecule is N#Cc1cc(-c2nnn(Cc3ccc(C(F)(F)F)cc3)c2-c2ccc(F)cc2)ccc1F. The predicted molar refractivity (Wildman–Crippen MR) is 106 cm³/mol. The van der Waals surface area contributed by atoms with Crippen LogP contribution in [-0.4, -0.2) is 15.0 Å². The Hall–Kier alpha value is -4.06. The van der Waals surface area contributed by atoms with Crippen molar-refractivity contribution in [2.24, 2.45) is 0 Å². The number of nitrogens with zero attached hydrogens (tertiary/aromatic N) is 4. The number of aromatic nitrogens is 3. The smallest absolute Gasteiger partial charge is 0.240 e. The molecule has 0 aliphatic carbocycles. The zero-order chi connectivity index (χ0) is 22.9. The second kappa shape index (κ2) is 8.23. The van der Waals surface area contributed by atoms with Crippen LogP contribution >= 0.6 is 0 Å². The molecule has 1 aromatic heterocycles. The number of hydrogen-bond acceptors (Lipinski definition) is 3. The van der Waals surface area contributed by atoms with E-state index in [4.69, 9.17) is 5.26 Å². The normalized spacial score (nSPS) is 11.4. The monoisotopic (exact) mass is 440 g/mol. The zero-order valence-electron chi connectivity index (χ0n) is 16.2. The van der Waals surface area contributed by atoms with Gasteiger partial charge in [-0.2, -0.15) is 18.4 Å². The van der Waals surface area contributed by atoms with Gasteiger partial charge in [-0.25, -0.2) is 13.5 Å². The molecule has 0 atom stereocenters. The Morgan fingerprint density at radius 2 is 1.53 bits per heavy atom. The van der Waals surface area contributed by atoms with Gasteiger partial charge in [-0.1, -0.05) is 17.3 Å². The molecule has 0 saturated carbocycles. The van der Waals surface area contributed by atoms with Crippen molar-refractivity contribution in [3.63, 3.8) is 0 Å². The van der Waals surface area contributed by atoms with Crippen LogP contribution in [0.15, 0.2) is 66.7 Å². The van der Waals surface area contributed by atoms with Crippen LogP contribution in [0.25, 0.3) is 22.5 Å². The van der Waals surface area contributed by atoms with E-state index in [0.717, 1.165) is 18.2 Å². The summed E-state index contributed by atoms with van der Waals surface area (Å²) in [6.45, 7) is 0.0874. The van der Waals surface area contributed by atoms with Crippen LogP contribution in [0.4, 0.5) is 22.0 Å². The third kappa shape index (κ3) is 4.21. The molecule has 160 valence electrons. The Bertz CT molecular complexity index is 1300. The van der Waals surface area contributed by atoms with Gasteiger partial charge in [-0.05, 0) is 60.2 Å². The predicted octanol–water partition coefficient (Wildman–Crippen LogP) is 5.83. The van der Waals surface area contributed by atoms with Gasteiger partial charge in [-0.15, -0.1) is 5.10 Å². The highest BCUT2D eigenvalue weighted by Gasteiger charge is 2.30.